The van der Waals surface area contributed by atoms with Gasteiger partial charge < -0.3 is 15.1 Å². The number of halogens is 1. The van der Waals surface area contributed by atoms with Crippen LogP contribution in [0.1, 0.15) is 22.8 Å². The molecule has 4 rings (SSSR count). The lowest BCUT2D eigenvalue weighted by atomic mass is 10.1. The monoisotopic (exact) mass is 409 g/mol. The van der Waals surface area contributed by atoms with Gasteiger partial charge in [0.05, 0.1) is 12.8 Å². The molecule has 3 atom stereocenters. The zero-order chi connectivity index (χ0) is 14.2. The fraction of sp³-hybridized carbons (Fsp3) is 0.353. The second-order valence-electron chi connectivity index (χ2n) is 5.77. The van der Waals surface area contributed by atoms with Crippen molar-refractivity contribution in [2.24, 2.45) is 10.9 Å². The molecule has 0 amide bonds. The minimum absolute atomic E-state index is 0. The maximum atomic E-state index is 5.32. The van der Waals surface area contributed by atoms with E-state index in [1.807, 2.05) is 19.2 Å². The average molecular weight is 409 g/mol. The summed E-state index contributed by atoms with van der Waals surface area (Å²) in [6, 6.07) is 13.2. The maximum absolute atomic E-state index is 5.32. The highest BCUT2D eigenvalue weighted by Crippen LogP contribution is 2.56. The van der Waals surface area contributed by atoms with Crippen LogP contribution in [0.25, 0.3) is 0 Å². The molecule has 0 radical (unpaired) electrons. The molecule has 2 aliphatic rings. The Balaban J connectivity index is 0.00000144. The molecule has 1 aromatic heterocycles. The Morgan fingerprint density at radius 1 is 1.27 bits per heavy atom. The van der Waals surface area contributed by atoms with Gasteiger partial charge >= 0.3 is 0 Å². The van der Waals surface area contributed by atoms with E-state index < -0.39 is 0 Å². The van der Waals surface area contributed by atoms with E-state index in [0.717, 1.165) is 17.6 Å². The summed E-state index contributed by atoms with van der Waals surface area (Å²) in [5, 5.41) is 6.84. The van der Waals surface area contributed by atoms with Crippen molar-refractivity contribution in [2.75, 3.05) is 7.05 Å². The summed E-state index contributed by atoms with van der Waals surface area (Å²) in [5.41, 5.74) is 3.03. The topological polar surface area (TPSA) is 49.6 Å². The van der Waals surface area contributed by atoms with E-state index in [0.29, 0.717) is 18.5 Å². The summed E-state index contributed by atoms with van der Waals surface area (Å²) in [6.45, 7) is 0.658. The molecule has 1 heterocycles. The normalized spacial score (nSPS) is 25.0. The van der Waals surface area contributed by atoms with Gasteiger partial charge in [-0.05, 0) is 35.6 Å². The zero-order valence-electron chi connectivity index (χ0n) is 12.5. The van der Waals surface area contributed by atoms with Gasteiger partial charge in [-0.3, -0.25) is 4.99 Å². The highest BCUT2D eigenvalue weighted by molar-refractivity contribution is 14.0. The fourth-order valence-corrected chi connectivity index (χ4v) is 3.48. The van der Waals surface area contributed by atoms with Crippen molar-refractivity contribution >= 4 is 29.9 Å². The van der Waals surface area contributed by atoms with Gasteiger partial charge in [0, 0.05) is 19.0 Å². The van der Waals surface area contributed by atoms with Crippen molar-refractivity contribution in [3.05, 3.63) is 59.5 Å². The molecule has 5 heteroatoms. The number of benzene rings is 1. The third-order valence-electron chi connectivity index (χ3n) is 4.58. The molecule has 2 N–H and O–H groups in total. The summed E-state index contributed by atoms with van der Waals surface area (Å²) >= 11 is 0. The molecule has 1 saturated carbocycles. The summed E-state index contributed by atoms with van der Waals surface area (Å²) in [5.74, 6) is 3.15. The number of aliphatic imine (C=N–C) groups is 1. The van der Waals surface area contributed by atoms with Crippen LogP contribution >= 0.6 is 24.0 Å². The number of guanidine groups is 1. The fourth-order valence-electron chi connectivity index (χ4n) is 3.48. The van der Waals surface area contributed by atoms with Crippen LogP contribution in [-0.2, 0) is 13.0 Å². The first kappa shape index (κ1) is 15.4. The SMILES string of the molecule is CN=C(NCc1ccco1)NC1C2Cc3ccccc3C21.I. The van der Waals surface area contributed by atoms with Crippen LogP contribution in [-0.4, -0.2) is 19.0 Å². The minimum atomic E-state index is 0. The zero-order valence-corrected chi connectivity index (χ0v) is 14.8. The minimum Gasteiger partial charge on any atom is -0.467 e. The molecule has 0 saturated heterocycles. The smallest absolute Gasteiger partial charge is 0.191 e. The van der Waals surface area contributed by atoms with E-state index >= 15 is 0 Å². The summed E-state index contributed by atoms with van der Waals surface area (Å²) in [4.78, 5) is 4.30. The molecule has 0 aliphatic heterocycles. The van der Waals surface area contributed by atoms with Crippen molar-refractivity contribution < 1.29 is 4.42 Å². The van der Waals surface area contributed by atoms with E-state index in [9.17, 15) is 0 Å². The van der Waals surface area contributed by atoms with Crippen molar-refractivity contribution in [2.45, 2.75) is 24.9 Å². The predicted molar refractivity (Wildman–Crippen MR) is 97.6 cm³/mol. The number of fused-ring (bicyclic) bond motifs is 3. The van der Waals surface area contributed by atoms with Gasteiger partial charge in [0.2, 0.25) is 0 Å². The first-order chi connectivity index (χ1) is 10.4. The second kappa shape index (κ2) is 6.32. The van der Waals surface area contributed by atoms with Crippen LogP contribution in [0, 0.1) is 5.92 Å². The van der Waals surface area contributed by atoms with E-state index in [1.54, 1.807) is 6.26 Å². The van der Waals surface area contributed by atoms with Crippen LogP contribution in [0.3, 0.4) is 0 Å². The maximum Gasteiger partial charge on any atom is 0.191 e. The lowest BCUT2D eigenvalue weighted by Crippen LogP contribution is -2.39. The van der Waals surface area contributed by atoms with Crippen molar-refractivity contribution in [1.82, 2.24) is 10.6 Å². The van der Waals surface area contributed by atoms with Gasteiger partial charge in [-0.25, -0.2) is 0 Å². The first-order valence-electron chi connectivity index (χ1n) is 7.44. The Kier molecular flexibility index (Phi) is 4.42. The summed E-state index contributed by atoms with van der Waals surface area (Å²) in [6.07, 6.45) is 2.88. The number of furan rings is 1. The predicted octanol–water partition coefficient (Wildman–Crippen LogP) is 2.90. The number of hydrogen-bond donors (Lipinski definition) is 2. The summed E-state index contributed by atoms with van der Waals surface area (Å²) < 4.78 is 5.32. The number of rotatable bonds is 3. The first-order valence-corrected chi connectivity index (χ1v) is 7.44. The molecule has 22 heavy (non-hydrogen) atoms. The number of hydrogen-bond acceptors (Lipinski definition) is 2. The van der Waals surface area contributed by atoms with E-state index in [-0.39, 0.29) is 24.0 Å². The van der Waals surface area contributed by atoms with Crippen LogP contribution in [0.4, 0.5) is 0 Å². The highest BCUT2D eigenvalue weighted by atomic mass is 127. The van der Waals surface area contributed by atoms with E-state index in [4.69, 9.17) is 4.42 Å². The highest BCUT2D eigenvalue weighted by Gasteiger charge is 2.55. The molecule has 0 bridgehead atoms. The Bertz CT molecular complexity index is 668. The Morgan fingerprint density at radius 3 is 2.91 bits per heavy atom. The van der Waals surface area contributed by atoms with Gasteiger partial charge in [0.15, 0.2) is 5.96 Å². The van der Waals surface area contributed by atoms with Crippen LogP contribution < -0.4 is 10.6 Å². The Hall–Kier alpha value is -1.50. The van der Waals surface area contributed by atoms with Gasteiger partial charge in [-0.15, -0.1) is 24.0 Å². The molecule has 1 aromatic carbocycles. The average Bonchev–Trinajstić information content (AvgIpc) is 2.91. The Morgan fingerprint density at radius 2 is 2.14 bits per heavy atom. The molecule has 0 spiro atoms. The van der Waals surface area contributed by atoms with E-state index in [1.165, 1.54) is 17.5 Å². The number of nitrogens with zero attached hydrogens (tertiary/aromatic N) is 1. The van der Waals surface area contributed by atoms with Gasteiger partial charge in [0.1, 0.15) is 5.76 Å². The van der Waals surface area contributed by atoms with Gasteiger partial charge in [-0.2, -0.15) is 0 Å². The summed E-state index contributed by atoms with van der Waals surface area (Å²) in [7, 11) is 1.81. The third-order valence-corrected chi connectivity index (χ3v) is 4.58. The quantitative estimate of drug-likeness (QED) is 0.466. The third kappa shape index (κ3) is 2.74. The second-order valence-corrected chi connectivity index (χ2v) is 5.77. The number of nitrogens with one attached hydrogen (secondary N) is 2. The molecular formula is C17H20IN3O. The van der Waals surface area contributed by atoms with Gasteiger partial charge in [-0.1, -0.05) is 24.3 Å². The molecule has 3 unspecified atom stereocenters. The lowest BCUT2D eigenvalue weighted by Gasteiger charge is -2.13. The molecule has 1 fully saturated rings. The molecule has 2 aliphatic carbocycles. The molecule has 116 valence electrons. The van der Waals surface area contributed by atoms with Crippen molar-refractivity contribution in [3.8, 4) is 0 Å². The van der Waals surface area contributed by atoms with Crippen LogP contribution in [0.2, 0.25) is 0 Å². The van der Waals surface area contributed by atoms with Crippen LogP contribution in [0.5, 0.6) is 0 Å². The molecule has 4 nitrogen and oxygen atoms in total. The van der Waals surface area contributed by atoms with E-state index in [2.05, 4.69) is 39.9 Å². The van der Waals surface area contributed by atoms with Crippen molar-refractivity contribution in [1.29, 1.82) is 0 Å². The van der Waals surface area contributed by atoms with Crippen LogP contribution in [0.15, 0.2) is 52.1 Å². The Labute approximate surface area is 147 Å². The standard InChI is InChI=1S/C17H19N3O.HI/c1-18-17(19-10-12-6-4-8-21-12)20-16-14-9-11-5-2-3-7-13(11)15(14)16;/h2-8,14-16H,9-10H2,1H3,(H2,18,19,20);1H. The van der Waals surface area contributed by atoms with Gasteiger partial charge in [0.25, 0.3) is 0 Å². The largest absolute Gasteiger partial charge is 0.467 e. The molecular weight excluding hydrogens is 389 g/mol. The molecule has 2 aromatic rings. The van der Waals surface area contributed by atoms with Crippen molar-refractivity contribution in [3.63, 3.8) is 0 Å². The lowest BCUT2D eigenvalue weighted by molar-refractivity contribution is 0.501.